The molecule has 1 aliphatic heterocycles. The van der Waals surface area contributed by atoms with E-state index in [9.17, 15) is 4.79 Å². The Morgan fingerprint density at radius 2 is 2.18 bits per heavy atom. The molecule has 122 valence electrons. The minimum absolute atomic E-state index is 0.0720. The number of hydrogen-bond acceptors (Lipinski definition) is 4. The van der Waals surface area contributed by atoms with Crippen LogP contribution in [0.4, 0.5) is 10.5 Å². The molecule has 0 aromatic carbocycles. The van der Waals surface area contributed by atoms with Crippen LogP contribution >= 0.6 is 0 Å². The zero-order valence-corrected chi connectivity index (χ0v) is 13.7. The van der Waals surface area contributed by atoms with Crippen LogP contribution in [0.5, 0.6) is 5.88 Å². The Hall–Kier alpha value is -1.82. The molecule has 1 fully saturated rings. The monoisotopic (exact) mass is 306 g/mol. The predicted octanol–water partition coefficient (Wildman–Crippen LogP) is 2.29. The van der Waals surface area contributed by atoms with E-state index in [0.29, 0.717) is 24.1 Å². The molecule has 1 aliphatic rings. The van der Waals surface area contributed by atoms with Gasteiger partial charge in [-0.2, -0.15) is 0 Å². The molecule has 0 aliphatic carbocycles. The van der Waals surface area contributed by atoms with Gasteiger partial charge in [0.15, 0.2) is 0 Å². The van der Waals surface area contributed by atoms with Crippen LogP contribution in [-0.2, 0) is 0 Å². The highest BCUT2D eigenvalue weighted by Gasteiger charge is 2.23. The molecular weight excluding hydrogens is 280 g/mol. The zero-order chi connectivity index (χ0) is 15.9. The molecule has 1 N–H and O–H groups in total. The zero-order valence-electron chi connectivity index (χ0n) is 13.7. The first-order valence-electron chi connectivity index (χ1n) is 7.88. The van der Waals surface area contributed by atoms with Crippen LogP contribution in [-0.4, -0.2) is 61.2 Å². The maximum absolute atomic E-state index is 12.4. The van der Waals surface area contributed by atoms with E-state index in [1.807, 2.05) is 17.9 Å². The molecule has 6 heteroatoms. The van der Waals surface area contributed by atoms with Crippen molar-refractivity contribution in [3.05, 3.63) is 18.3 Å². The molecule has 0 atom stereocenters. The van der Waals surface area contributed by atoms with Crippen LogP contribution in [0.2, 0.25) is 0 Å². The second-order valence-electron chi connectivity index (χ2n) is 5.91. The fourth-order valence-corrected chi connectivity index (χ4v) is 2.77. The number of nitrogens with one attached hydrogen (secondary N) is 1. The number of carbonyl (C=O) groups is 1. The average molecular weight is 306 g/mol. The fourth-order valence-electron chi connectivity index (χ4n) is 2.77. The molecule has 0 radical (unpaired) electrons. The Bertz CT molecular complexity index is 485. The Labute approximate surface area is 132 Å². The van der Waals surface area contributed by atoms with Crippen LogP contribution in [0.1, 0.15) is 19.8 Å². The summed E-state index contributed by atoms with van der Waals surface area (Å²) in [6.45, 7) is 5.11. The summed E-state index contributed by atoms with van der Waals surface area (Å²) in [6.07, 6.45) is 3.77. The van der Waals surface area contributed by atoms with Gasteiger partial charge in [-0.1, -0.05) is 0 Å². The van der Waals surface area contributed by atoms with Crippen molar-refractivity contribution in [3.63, 3.8) is 0 Å². The van der Waals surface area contributed by atoms with Crippen LogP contribution in [0.25, 0.3) is 0 Å². The van der Waals surface area contributed by atoms with Gasteiger partial charge in [0, 0.05) is 25.8 Å². The topological polar surface area (TPSA) is 57.7 Å². The van der Waals surface area contributed by atoms with E-state index in [1.165, 1.54) is 0 Å². The quantitative estimate of drug-likeness (QED) is 0.907. The summed E-state index contributed by atoms with van der Waals surface area (Å²) in [6, 6.07) is 3.54. The Morgan fingerprint density at radius 1 is 1.45 bits per heavy atom. The van der Waals surface area contributed by atoms with Gasteiger partial charge in [0.05, 0.1) is 6.61 Å². The minimum atomic E-state index is -0.0720. The first-order valence-corrected chi connectivity index (χ1v) is 7.88. The van der Waals surface area contributed by atoms with E-state index >= 15 is 0 Å². The van der Waals surface area contributed by atoms with Gasteiger partial charge < -0.3 is 19.9 Å². The standard InChI is InChI=1S/C16H26N4O2/c1-4-22-15-14(6-5-9-17-15)18-16(21)20-10-7-13(8-11-20)12-19(2)3/h5-6,9,13H,4,7-8,10-12H2,1-3H3,(H,18,21). The molecule has 0 unspecified atom stereocenters. The Morgan fingerprint density at radius 3 is 2.82 bits per heavy atom. The summed E-state index contributed by atoms with van der Waals surface area (Å²) >= 11 is 0. The van der Waals surface area contributed by atoms with Crippen LogP contribution in [0.15, 0.2) is 18.3 Å². The second-order valence-corrected chi connectivity index (χ2v) is 5.91. The molecule has 2 rings (SSSR count). The number of rotatable bonds is 5. The van der Waals surface area contributed by atoms with Crippen molar-refractivity contribution in [2.45, 2.75) is 19.8 Å². The average Bonchev–Trinajstić information content (AvgIpc) is 2.49. The SMILES string of the molecule is CCOc1ncccc1NC(=O)N1CCC(CN(C)C)CC1. The van der Waals surface area contributed by atoms with Crippen molar-refractivity contribution < 1.29 is 9.53 Å². The summed E-state index contributed by atoms with van der Waals surface area (Å²) in [5, 5.41) is 2.91. The molecule has 22 heavy (non-hydrogen) atoms. The molecule has 6 nitrogen and oxygen atoms in total. The van der Waals surface area contributed by atoms with Crippen molar-refractivity contribution in [2.24, 2.45) is 5.92 Å². The fraction of sp³-hybridized carbons (Fsp3) is 0.625. The van der Waals surface area contributed by atoms with E-state index in [-0.39, 0.29) is 6.03 Å². The lowest BCUT2D eigenvalue weighted by atomic mass is 9.97. The number of pyridine rings is 1. The van der Waals surface area contributed by atoms with Gasteiger partial charge >= 0.3 is 6.03 Å². The largest absolute Gasteiger partial charge is 0.476 e. The lowest BCUT2D eigenvalue weighted by Gasteiger charge is -2.33. The van der Waals surface area contributed by atoms with Crippen molar-refractivity contribution in [1.82, 2.24) is 14.8 Å². The summed E-state index contributed by atoms with van der Waals surface area (Å²) in [7, 11) is 4.19. The third-order valence-electron chi connectivity index (χ3n) is 3.82. The van der Waals surface area contributed by atoms with Crippen molar-refractivity contribution >= 4 is 11.7 Å². The molecule has 1 aromatic heterocycles. The van der Waals surface area contributed by atoms with Gasteiger partial charge in [-0.25, -0.2) is 9.78 Å². The molecule has 0 bridgehead atoms. The smallest absolute Gasteiger partial charge is 0.321 e. The van der Waals surface area contributed by atoms with Crippen molar-refractivity contribution in [3.8, 4) is 5.88 Å². The summed E-state index contributed by atoms with van der Waals surface area (Å²) in [5.74, 6) is 1.15. The van der Waals surface area contributed by atoms with Crippen LogP contribution in [0, 0.1) is 5.92 Å². The van der Waals surface area contributed by atoms with Gasteiger partial charge in [-0.3, -0.25) is 0 Å². The lowest BCUT2D eigenvalue weighted by molar-refractivity contribution is 0.170. The predicted molar refractivity (Wildman–Crippen MR) is 87.3 cm³/mol. The number of anilines is 1. The molecular formula is C16H26N4O2. The Balaban J connectivity index is 1.88. The highest BCUT2D eigenvalue weighted by atomic mass is 16.5. The minimum Gasteiger partial charge on any atom is -0.476 e. The number of hydrogen-bond donors (Lipinski definition) is 1. The Kier molecular flexibility index (Phi) is 6.00. The number of ether oxygens (including phenoxy) is 1. The molecule has 0 saturated carbocycles. The number of carbonyl (C=O) groups excluding carboxylic acids is 1. The van der Waals surface area contributed by atoms with Crippen molar-refractivity contribution in [1.29, 1.82) is 0 Å². The summed E-state index contributed by atoms with van der Waals surface area (Å²) in [5.41, 5.74) is 0.629. The highest BCUT2D eigenvalue weighted by molar-refractivity contribution is 5.90. The molecule has 2 amide bonds. The van der Waals surface area contributed by atoms with Gasteiger partial charge in [0.1, 0.15) is 5.69 Å². The highest BCUT2D eigenvalue weighted by Crippen LogP contribution is 2.23. The van der Waals surface area contributed by atoms with Crippen LogP contribution in [0.3, 0.4) is 0 Å². The van der Waals surface area contributed by atoms with Gasteiger partial charge in [0.2, 0.25) is 5.88 Å². The van der Waals surface area contributed by atoms with Gasteiger partial charge in [-0.05, 0) is 51.9 Å². The third kappa shape index (κ3) is 4.59. The molecule has 0 spiro atoms. The first kappa shape index (κ1) is 16.5. The van der Waals surface area contributed by atoms with Gasteiger partial charge in [-0.15, -0.1) is 0 Å². The number of aromatic nitrogens is 1. The number of piperidine rings is 1. The first-order chi connectivity index (χ1) is 10.6. The maximum atomic E-state index is 12.4. The third-order valence-corrected chi connectivity index (χ3v) is 3.82. The molecule has 2 heterocycles. The molecule has 1 saturated heterocycles. The van der Waals surface area contributed by atoms with Gasteiger partial charge in [0.25, 0.3) is 0 Å². The number of amides is 2. The van der Waals surface area contributed by atoms with E-state index in [1.54, 1.807) is 12.3 Å². The number of nitrogens with zero attached hydrogens (tertiary/aromatic N) is 3. The summed E-state index contributed by atoms with van der Waals surface area (Å²) in [4.78, 5) is 20.6. The van der Waals surface area contributed by atoms with E-state index < -0.39 is 0 Å². The number of urea groups is 1. The van der Waals surface area contributed by atoms with E-state index in [4.69, 9.17) is 4.74 Å². The normalized spacial score (nSPS) is 15.9. The van der Waals surface area contributed by atoms with Crippen molar-refractivity contribution in [2.75, 3.05) is 45.7 Å². The second kappa shape index (κ2) is 7.98. The van der Waals surface area contributed by atoms with Crippen LogP contribution < -0.4 is 10.1 Å². The lowest BCUT2D eigenvalue weighted by Crippen LogP contribution is -2.42. The summed E-state index contributed by atoms with van der Waals surface area (Å²) < 4.78 is 5.44. The number of likely N-dealkylation sites (tertiary alicyclic amines) is 1. The van der Waals surface area contributed by atoms with E-state index in [2.05, 4.69) is 29.3 Å². The maximum Gasteiger partial charge on any atom is 0.321 e. The van der Waals surface area contributed by atoms with E-state index in [0.717, 1.165) is 32.5 Å². The molecule has 1 aromatic rings.